The number of nitrogens with two attached hydrogens (primary N) is 1. The van der Waals surface area contributed by atoms with Gasteiger partial charge in [0.05, 0.1) is 6.61 Å². The van der Waals surface area contributed by atoms with E-state index in [9.17, 15) is 0 Å². The first kappa shape index (κ1) is 16.1. The number of halogens is 1. The quantitative estimate of drug-likeness (QED) is 0.805. The lowest BCUT2D eigenvalue weighted by Crippen LogP contribution is -2.39. The minimum Gasteiger partial charge on any atom is -0.379 e. The van der Waals surface area contributed by atoms with E-state index in [0.717, 1.165) is 22.0 Å². The van der Waals surface area contributed by atoms with Gasteiger partial charge in [0.2, 0.25) is 0 Å². The Morgan fingerprint density at radius 3 is 2.81 bits per heavy atom. The Morgan fingerprint density at radius 2 is 2.14 bits per heavy atom. The van der Waals surface area contributed by atoms with Gasteiger partial charge in [-0.25, -0.2) is 0 Å². The molecule has 6 heteroatoms. The van der Waals surface area contributed by atoms with Gasteiger partial charge in [-0.3, -0.25) is 0 Å². The largest absolute Gasteiger partial charge is 0.379 e. The highest BCUT2D eigenvalue weighted by molar-refractivity contribution is 9.10. The minimum absolute atomic E-state index is 0.358. The van der Waals surface area contributed by atoms with Crippen molar-refractivity contribution in [2.45, 2.75) is 32.7 Å². The van der Waals surface area contributed by atoms with Crippen LogP contribution in [-0.2, 0) is 10.3 Å². The van der Waals surface area contributed by atoms with Gasteiger partial charge >= 0.3 is 0 Å². The van der Waals surface area contributed by atoms with Crippen LogP contribution in [0.3, 0.4) is 0 Å². The summed E-state index contributed by atoms with van der Waals surface area (Å²) in [6.07, 6.45) is 0.949. The van der Waals surface area contributed by atoms with E-state index in [1.807, 2.05) is 32.0 Å². The lowest BCUT2D eigenvalue weighted by atomic mass is 10.1. The van der Waals surface area contributed by atoms with E-state index in [2.05, 4.69) is 33.0 Å². The summed E-state index contributed by atoms with van der Waals surface area (Å²) in [4.78, 5) is 4.41. The maximum atomic E-state index is 6.21. The average Bonchev–Trinajstić information content (AvgIpc) is 2.88. The first-order valence-electron chi connectivity index (χ1n) is 6.91. The molecular weight excluding hydrogens is 334 g/mol. The molecule has 0 aliphatic carbocycles. The lowest BCUT2D eigenvalue weighted by Gasteiger charge is -2.19. The molecular formula is C15H20BrN3O2. The third kappa shape index (κ3) is 4.12. The Morgan fingerprint density at radius 1 is 1.38 bits per heavy atom. The summed E-state index contributed by atoms with van der Waals surface area (Å²) in [6, 6.07) is 5.95. The molecule has 0 spiro atoms. The van der Waals surface area contributed by atoms with E-state index < -0.39 is 5.54 Å². The highest BCUT2D eigenvalue weighted by Crippen LogP contribution is 2.25. The van der Waals surface area contributed by atoms with Crippen LogP contribution < -0.4 is 5.73 Å². The Bertz CT molecular complexity index is 590. The van der Waals surface area contributed by atoms with Crippen molar-refractivity contribution in [1.29, 1.82) is 0 Å². The van der Waals surface area contributed by atoms with Crippen LogP contribution in [0.15, 0.2) is 27.2 Å². The number of hydrogen-bond acceptors (Lipinski definition) is 5. The number of aromatic nitrogens is 2. The van der Waals surface area contributed by atoms with Crippen LogP contribution in [0.2, 0.25) is 0 Å². The molecule has 114 valence electrons. The number of nitrogens with zero attached hydrogens (tertiary/aromatic N) is 2. The third-order valence-electron chi connectivity index (χ3n) is 2.98. The molecule has 2 rings (SSSR count). The molecule has 5 nitrogen and oxygen atoms in total. The molecule has 0 bridgehead atoms. The van der Waals surface area contributed by atoms with Gasteiger partial charge in [-0.05, 0) is 44.0 Å². The summed E-state index contributed by atoms with van der Waals surface area (Å²) in [5, 5.41) is 4.00. The lowest BCUT2D eigenvalue weighted by molar-refractivity contribution is 0.0867. The zero-order valence-electron chi connectivity index (χ0n) is 12.5. The molecule has 1 atom stereocenters. The van der Waals surface area contributed by atoms with Gasteiger partial charge in [0.1, 0.15) is 5.54 Å². The van der Waals surface area contributed by atoms with Gasteiger partial charge in [0.15, 0.2) is 5.82 Å². The summed E-state index contributed by atoms with van der Waals surface area (Å²) in [6.45, 7) is 6.93. The Kier molecular flexibility index (Phi) is 5.13. The average molecular weight is 354 g/mol. The predicted molar refractivity (Wildman–Crippen MR) is 84.8 cm³/mol. The fourth-order valence-corrected chi connectivity index (χ4v) is 2.53. The van der Waals surface area contributed by atoms with Gasteiger partial charge in [-0.2, -0.15) is 4.98 Å². The van der Waals surface area contributed by atoms with E-state index in [1.54, 1.807) is 0 Å². The molecule has 0 aliphatic heterocycles. The van der Waals surface area contributed by atoms with Crippen LogP contribution in [-0.4, -0.2) is 23.4 Å². The Balaban J connectivity index is 2.20. The molecule has 2 N–H and O–H groups in total. The maximum absolute atomic E-state index is 6.21. The van der Waals surface area contributed by atoms with Crippen LogP contribution in [0, 0.1) is 6.92 Å². The van der Waals surface area contributed by atoms with Crippen LogP contribution >= 0.6 is 15.9 Å². The van der Waals surface area contributed by atoms with E-state index in [0.29, 0.717) is 24.9 Å². The summed E-state index contributed by atoms with van der Waals surface area (Å²) in [5.74, 6) is 0.910. The van der Waals surface area contributed by atoms with Crippen molar-refractivity contribution in [3.05, 3.63) is 34.1 Å². The van der Waals surface area contributed by atoms with Crippen molar-refractivity contribution in [1.82, 2.24) is 10.1 Å². The summed E-state index contributed by atoms with van der Waals surface area (Å²) in [5.41, 5.74) is 7.42. The van der Waals surface area contributed by atoms with E-state index in [1.165, 1.54) is 0 Å². The second-order valence-corrected chi connectivity index (χ2v) is 6.33. The number of rotatable bonds is 6. The smallest absolute Gasteiger partial charge is 0.258 e. The molecule has 0 aliphatic rings. The molecule has 0 saturated carbocycles. The third-order valence-corrected chi connectivity index (χ3v) is 3.43. The fraction of sp³-hybridized carbons (Fsp3) is 0.467. The minimum atomic E-state index is -0.766. The van der Waals surface area contributed by atoms with E-state index in [4.69, 9.17) is 15.0 Å². The first-order chi connectivity index (χ1) is 9.92. The van der Waals surface area contributed by atoms with Crippen molar-refractivity contribution >= 4 is 15.9 Å². The van der Waals surface area contributed by atoms with E-state index in [-0.39, 0.29) is 0 Å². The molecule has 1 aromatic heterocycles. The highest BCUT2D eigenvalue weighted by atomic mass is 79.9. The summed E-state index contributed by atoms with van der Waals surface area (Å²) in [7, 11) is 0. The Labute approximate surface area is 133 Å². The van der Waals surface area contributed by atoms with Crippen molar-refractivity contribution < 1.29 is 9.26 Å². The predicted octanol–water partition coefficient (Wildman–Crippen LogP) is 3.41. The number of benzene rings is 1. The first-order valence-corrected chi connectivity index (χ1v) is 7.70. The SMILES string of the molecule is CCCOCC(C)(N)c1noc(-c2cc(C)cc(Br)c2)n1. The zero-order valence-corrected chi connectivity index (χ0v) is 14.1. The second-order valence-electron chi connectivity index (χ2n) is 5.41. The number of ether oxygens (including phenoxy) is 1. The molecule has 0 amide bonds. The standard InChI is InChI=1S/C15H20BrN3O2/c1-4-5-20-9-15(3,17)14-18-13(21-19-14)11-6-10(2)7-12(16)8-11/h6-8H,4-5,9,17H2,1-3H3. The molecule has 2 aromatic rings. The van der Waals surface area contributed by atoms with Crippen molar-refractivity contribution in [2.75, 3.05) is 13.2 Å². The monoisotopic (exact) mass is 353 g/mol. The van der Waals surface area contributed by atoms with Crippen molar-refractivity contribution in [3.8, 4) is 11.5 Å². The van der Waals surface area contributed by atoms with Crippen molar-refractivity contribution in [3.63, 3.8) is 0 Å². The Hall–Kier alpha value is -1.24. The van der Waals surface area contributed by atoms with Gasteiger partial charge in [0, 0.05) is 16.6 Å². The highest BCUT2D eigenvalue weighted by Gasteiger charge is 2.28. The molecule has 0 fully saturated rings. The molecule has 1 unspecified atom stereocenters. The van der Waals surface area contributed by atoms with Crippen LogP contribution in [0.25, 0.3) is 11.5 Å². The molecule has 0 saturated heterocycles. The van der Waals surface area contributed by atoms with Crippen LogP contribution in [0.4, 0.5) is 0 Å². The second kappa shape index (κ2) is 6.68. The van der Waals surface area contributed by atoms with E-state index >= 15 is 0 Å². The summed E-state index contributed by atoms with van der Waals surface area (Å²) >= 11 is 3.46. The topological polar surface area (TPSA) is 74.2 Å². The van der Waals surface area contributed by atoms with Gasteiger partial charge in [-0.1, -0.05) is 28.0 Å². The molecule has 21 heavy (non-hydrogen) atoms. The van der Waals surface area contributed by atoms with Crippen LogP contribution in [0.1, 0.15) is 31.7 Å². The fourth-order valence-electron chi connectivity index (χ4n) is 1.93. The number of hydrogen-bond donors (Lipinski definition) is 1. The maximum Gasteiger partial charge on any atom is 0.258 e. The van der Waals surface area contributed by atoms with Gasteiger partial charge in [-0.15, -0.1) is 0 Å². The zero-order chi connectivity index (χ0) is 15.5. The number of aryl methyl sites for hydroxylation is 1. The van der Waals surface area contributed by atoms with Crippen LogP contribution in [0.5, 0.6) is 0 Å². The summed E-state index contributed by atoms with van der Waals surface area (Å²) < 4.78 is 11.8. The van der Waals surface area contributed by atoms with Gasteiger partial charge in [0.25, 0.3) is 5.89 Å². The van der Waals surface area contributed by atoms with Crippen molar-refractivity contribution in [2.24, 2.45) is 5.73 Å². The molecule has 1 aromatic carbocycles. The molecule has 0 radical (unpaired) electrons. The van der Waals surface area contributed by atoms with Gasteiger partial charge < -0.3 is 15.0 Å². The molecule has 1 heterocycles. The normalized spacial score (nSPS) is 14.1.